The molecule has 0 N–H and O–H groups in total. The minimum atomic E-state index is -0.638. The van der Waals surface area contributed by atoms with Crippen LogP contribution in [0.1, 0.15) is 22.3 Å². The molecule has 0 atom stereocenters. The average Bonchev–Trinajstić information content (AvgIpc) is 3.19. The zero-order chi connectivity index (χ0) is 23.5. The highest BCUT2D eigenvalue weighted by molar-refractivity contribution is 6.04. The number of hydrogen-bond donors (Lipinski definition) is 0. The van der Waals surface area contributed by atoms with Crippen LogP contribution in [0.15, 0.2) is 48.7 Å². The van der Waals surface area contributed by atoms with E-state index >= 15 is 0 Å². The third-order valence-corrected chi connectivity index (χ3v) is 5.54. The van der Waals surface area contributed by atoms with E-state index in [9.17, 15) is 24.5 Å². The molecule has 3 aromatic rings. The molecule has 2 heterocycles. The first-order chi connectivity index (χ1) is 15.9. The molecule has 1 aliphatic heterocycles. The molecule has 1 aromatic heterocycles. The maximum absolute atomic E-state index is 12.7. The van der Waals surface area contributed by atoms with Gasteiger partial charge in [0.15, 0.2) is 6.61 Å². The Kier molecular flexibility index (Phi) is 6.07. The Labute approximate surface area is 188 Å². The van der Waals surface area contributed by atoms with Gasteiger partial charge in [-0.25, -0.2) is 4.79 Å². The summed E-state index contributed by atoms with van der Waals surface area (Å²) in [4.78, 5) is 49.2. The number of nitro groups is 1. The number of hydrogen-bond acceptors (Lipinski definition) is 7. The molecule has 2 aromatic carbocycles. The van der Waals surface area contributed by atoms with E-state index in [2.05, 4.69) is 0 Å². The maximum Gasteiger partial charge on any atom is 0.340 e. The van der Waals surface area contributed by atoms with Crippen molar-refractivity contribution in [2.24, 2.45) is 0 Å². The van der Waals surface area contributed by atoms with Gasteiger partial charge in [0.2, 0.25) is 0 Å². The summed E-state index contributed by atoms with van der Waals surface area (Å²) in [6.07, 6.45) is 2.80. The van der Waals surface area contributed by atoms with Crippen molar-refractivity contribution >= 4 is 40.1 Å². The van der Waals surface area contributed by atoms with Crippen LogP contribution in [0.2, 0.25) is 0 Å². The third-order valence-electron chi connectivity index (χ3n) is 5.54. The zero-order valence-electron chi connectivity index (χ0n) is 17.9. The Morgan fingerprint density at radius 2 is 1.94 bits per heavy atom. The molecule has 0 bridgehead atoms. The standard InChI is InChI=1S/C23H21N3O7/c1-32-23(29)18-12-24(20-7-3-2-6-17(18)20)13-22(28)33-14-21(27)25-10-4-5-15-11-16(26(30)31)8-9-19(15)25/h2-3,6-9,11-12H,4-5,10,13-14H2,1H3. The van der Waals surface area contributed by atoms with Gasteiger partial charge in [-0.15, -0.1) is 0 Å². The Morgan fingerprint density at radius 3 is 2.70 bits per heavy atom. The molecule has 0 spiro atoms. The first-order valence-electron chi connectivity index (χ1n) is 10.3. The number of carbonyl (C=O) groups is 3. The van der Waals surface area contributed by atoms with Crippen molar-refractivity contribution < 1.29 is 28.8 Å². The fourth-order valence-electron chi connectivity index (χ4n) is 4.01. The third kappa shape index (κ3) is 4.40. The van der Waals surface area contributed by atoms with Crippen molar-refractivity contribution in [2.75, 3.05) is 25.2 Å². The van der Waals surface area contributed by atoms with Gasteiger partial charge in [-0.3, -0.25) is 19.7 Å². The summed E-state index contributed by atoms with van der Waals surface area (Å²) in [5.74, 6) is -1.57. The number of amides is 1. The zero-order valence-corrected chi connectivity index (χ0v) is 17.9. The molecule has 0 aliphatic carbocycles. The highest BCUT2D eigenvalue weighted by Gasteiger charge is 2.25. The van der Waals surface area contributed by atoms with Crippen LogP contribution in [0, 0.1) is 10.1 Å². The number of aryl methyl sites for hydroxylation is 1. The molecule has 0 fully saturated rings. The van der Waals surface area contributed by atoms with Crippen LogP contribution in [-0.4, -0.2) is 47.6 Å². The Bertz CT molecular complexity index is 1260. The van der Waals surface area contributed by atoms with Crippen molar-refractivity contribution in [1.29, 1.82) is 0 Å². The van der Waals surface area contributed by atoms with Crippen LogP contribution < -0.4 is 4.90 Å². The number of fused-ring (bicyclic) bond motifs is 2. The summed E-state index contributed by atoms with van der Waals surface area (Å²) >= 11 is 0. The Balaban J connectivity index is 1.44. The number of nitro benzene ring substituents is 1. The number of methoxy groups -OCH3 is 1. The van der Waals surface area contributed by atoms with Gasteiger partial charge in [0.05, 0.1) is 17.6 Å². The SMILES string of the molecule is COC(=O)c1cn(CC(=O)OCC(=O)N2CCCc3cc([N+](=O)[O-])ccc32)c2ccccc12. The number of anilines is 1. The van der Waals surface area contributed by atoms with Crippen LogP contribution >= 0.6 is 0 Å². The molecule has 4 rings (SSSR count). The normalized spacial score (nSPS) is 12.8. The van der Waals surface area contributed by atoms with Gasteiger partial charge < -0.3 is 18.9 Å². The fourth-order valence-corrected chi connectivity index (χ4v) is 4.01. The summed E-state index contributed by atoms with van der Waals surface area (Å²) in [7, 11) is 1.28. The number of aromatic nitrogens is 1. The molecule has 170 valence electrons. The van der Waals surface area contributed by atoms with E-state index in [4.69, 9.17) is 9.47 Å². The van der Waals surface area contributed by atoms with E-state index in [1.54, 1.807) is 34.9 Å². The molecule has 33 heavy (non-hydrogen) atoms. The molecule has 1 amide bonds. The molecule has 0 unspecified atom stereocenters. The highest BCUT2D eigenvalue weighted by atomic mass is 16.6. The second-order valence-corrected chi connectivity index (χ2v) is 7.56. The number of carbonyl (C=O) groups excluding carboxylic acids is 3. The fraction of sp³-hybridized carbons (Fsp3) is 0.261. The van der Waals surface area contributed by atoms with E-state index in [1.165, 1.54) is 30.3 Å². The van der Waals surface area contributed by atoms with E-state index in [0.717, 1.165) is 0 Å². The number of rotatable bonds is 6. The number of esters is 2. The second kappa shape index (κ2) is 9.11. The molecule has 0 saturated carbocycles. The first-order valence-corrected chi connectivity index (χ1v) is 10.3. The van der Waals surface area contributed by atoms with Crippen LogP contribution in [0.3, 0.4) is 0 Å². The van der Waals surface area contributed by atoms with Crippen LogP contribution in [0.5, 0.6) is 0 Å². The van der Waals surface area contributed by atoms with Gasteiger partial charge in [-0.05, 0) is 30.5 Å². The summed E-state index contributed by atoms with van der Waals surface area (Å²) in [5.41, 5.74) is 2.26. The lowest BCUT2D eigenvalue weighted by atomic mass is 10.0. The average molecular weight is 451 g/mol. The molecular weight excluding hydrogens is 430 g/mol. The number of para-hydroxylation sites is 1. The van der Waals surface area contributed by atoms with Crippen molar-refractivity contribution in [1.82, 2.24) is 4.57 Å². The van der Waals surface area contributed by atoms with Gasteiger partial charge in [0.1, 0.15) is 6.54 Å². The number of ether oxygens (including phenoxy) is 2. The lowest BCUT2D eigenvalue weighted by molar-refractivity contribution is -0.384. The molecule has 10 heteroatoms. The molecule has 1 aliphatic rings. The van der Waals surface area contributed by atoms with E-state index in [1.807, 2.05) is 0 Å². The summed E-state index contributed by atoms with van der Waals surface area (Å²) in [6, 6.07) is 11.5. The first kappa shape index (κ1) is 22.0. The highest BCUT2D eigenvalue weighted by Crippen LogP contribution is 2.30. The predicted molar refractivity (Wildman–Crippen MR) is 118 cm³/mol. The van der Waals surface area contributed by atoms with Crippen LogP contribution in [-0.2, 0) is 32.0 Å². The Morgan fingerprint density at radius 1 is 1.15 bits per heavy atom. The van der Waals surface area contributed by atoms with E-state index in [0.29, 0.717) is 47.1 Å². The number of nitrogens with zero attached hydrogens (tertiary/aromatic N) is 3. The molecule has 10 nitrogen and oxygen atoms in total. The summed E-state index contributed by atoms with van der Waals surface area (Å²) in [6.45, 7) is -0.211. The smallest absolute Gasteiger partial charge is 0.340 e. The number of non-ortho nitro benzene ring substituents is 1. The minimum Gasteiger partial charge on any atom is -0.465 e. The monoisotopic (exact) mass is 451 g/mol. The quantitative estimate of drug-likeness (QED) is 0.321. The van der Waals surface area contributed by atoms with Gasteiger partial charge in [-0.2, -0.15) is 0 Å². The lowest BCUT2D eigenvalue weighted by Gasteiger charge is -2.29. The number of benzene rings is 2. The van der Waals surface area contributed by atoms with E-state index < -0.39 is 29.4 Å². The topological polar surface area (TPSA) is 121 Å². The van der Waals surface area contributed by atoms with Gasteiger partial charge >= 0.3 is 11.9 Å². The second-order valence-electron chi connectivity index (χ2n) is 7.56. The van der Waals surface area contributed by atoms with Gasteiger partial charge in [0.25, 0.3) is 11.6 Å². The van der Waals surface area contributed by atoms with Gasteiger partial charge in [0, 0.05) is 41.5 Å². The van der Waals surface area contributed by atoms with Crippen molar-refractivity contribution in [2.45, 2.75) is 19.4 Å². The predicted octanol–water partition coefficient (Wildman–Crippen LogP) is 2.86. The summed E-state index contributed by atoms with van der Waals surface area (Å²) in [5, 5.41) is 11.7. The minimum absolute atomic E-state index is 0.0280. The van der Waals surface area contributed by atoms with E-state index in [-0.39, 0.29) is 12.2 Å². The molecule has 0 radical (unpaired) electrons. The van der Waals surface area contributed by atoms with Crippen LogP contribution in [0.4, 0.5) is 11.4 Å². The molecular formula is C23H21N3O7. The van der Waals surface area contributed by atoms with Gasteiger partial charge in [-0.1, -0.05) is 18.2 Å². The lowest BCUT2D eigenvalue weighted by Crippen LogP contribution is -2.38. The summed E-state index contributed by atoms with van der Waals surface area (Å²) < 4.78 is 11.6. The Hall–Kier alpha value is -4.21. The van der Waals surface area contributed by atoms with Crippen molar-refractivity contribution in [3.8, 4) is 0 Å². The van der Waals surface area contributed by atoms with Crippen molar-refractivity contribution in [3.05, 3.63) is 69.9 Å². The maximum atomic E-state index is 12.7. The largest absolute Gasteiger partial charge is 0.465 e. The van der Waals surface area contributed by atoms with Crippen LogP contribution in [0.25, 0.3) is 10.9 Å². The van der Waals surface area contributed by atoms with Crippen molar-refractivity contribution in [3.63, 3.8) is 0 Å². The molecule has 0 saturated heterocycles.